The van der Waals surface area contributed by atoms with E-state index in [0.29, 0.717) is 24.0 Å². The van der Waals surface area contributed by atoms with Gasteiger partial charge in [-0.3, -0.25) is 0 Å². The quantitative estimate of drug-likeness (QED) is 0.177. The Labute approximate surface area is 234 Å². The van der Waals surface area contributed by atoms with E-state index in [2.05, 4.69) is 37.9 Å². The normalized spacial score (nSPS) is 13.7. The van der Waals surface area contributed by atoms with Gasteiger partial charge in [-0.05, 0) is 78.8 Å². The maximum Gasteiger partial charge on any atom is 0.338 e. The number of hydrogen-bond acceptors (Lipinski definition) is 6. The molecule has 40 heavy (non-hydrogen) atoms. The Morgan fingerprint density at radius 2 is 1.20 bits per heavy atom. The first kappa shape index (κ1) is 28.3. The van der Waals surface area contributed by atoms with Crippen LogP contribution in [0.5, 0.6) is 11.5 Å². The van der Waals surface area contributed by atoms with Crippen LogP contribution in [-0.2, 0) is 32.0 Å². The number of benzene rings is 3. The molecule has 0 radical (unpaired) electrons. The third-order valence-electron chi connectivity index (χ3n) is 6.59. The summed E-state index contributed by atoms with van der Waals surface area (Å²) < 4.78 is 16.5. The van der Waals surface area contributed by atoms with Crippen LogP contribution < -0.4 is 9.47 Å². The van der Waals surface area contributed by atoms with E-state index in [4.69, 9.17) is 14.2 Å². The summed E-state index contributed by atoms with van der Waals surface area (Å²) in [5.74, 6) is -1.04. The van der Waals surface area contributed by atoms with Crippen molar-refractivity contribution in [1.29, 1.82) is 0 Å². The smallest absolute Gasteiger partial charge is 0.338 e. The Hall–Kier alpha value is -4.71. The molecule has 0 spiro atoms. The number of carbonyl (C=O) groups excluding carboxylic acids is 3. The zero-order valence-corrected chi connectivity index (χ0v) is 23.3. The second kappa shape index (κ2) is 11.6. The Bertz CT molecular complexity index is 1530. The zero-order valence-electron chi connectivity index (χ0n) is 23.3. The summed E-state index contributed by atoms with van der Waals surface area (Å²) in [5, 5.41) is 0. The van der Waals surface area contributed by atoms with Gasteiger partial charge in [0.2, 0.25) is 0 Å². The Balaban J connectivity index is 1.63. The fourth-order valence-electron chi connectivity index (χ4n) is 4.49. The van der Waals surface area contributed by atoms with Gasteiger partial charge in [-0.15, -0.1) is 0 Å². The van der Waals surface area contributed by atoms with E-state index in [-0.39, 0.29) is 34.7 Å². The molecule has 3 aromatic rings. The van der Waals surface area contributed by atoms with Gasteiger partial charge in [0.25, 0.3) is 0 Å². The van der Waals surface area contributed by atoms with Crippen LogP contribution in [-0.4, -0.2) is 24.0 Å². The maximum absolute atomic E-state index is 12.2. The standard InChI is InChI=1S/C34H32O6/c1-19(2)32(35)38-28-14-24-8-9-25(13-26(24)15-28)31-11-10-23(12-22(31)7)27-16-29(39-33(36)20(3)4)18-30(17-27)40-34(37)21(5)6/h8-13,16-18,28H,1,3,5,14-15H2,2,4,6-7H3. The summed E-state index contributed by atoms with van der Waals surface area (Å²) in [5.41, 5.74) is 7.96. The Kier molecular flexibility index (Phi) is 8.19. The van der Waals surface area contributed by atoms with Gasteiger partial charge in [0.05, 0.1) is 0 Å². The summed E-state index contributed by atoms with van der Waals surface area (Å²) in [6.45, 7) is 17.7. The average Bonchev–Trinajstić information content (AvgIpc) is 3.29. The van der Waals surface area contributed by atoms with E-state index < -0.39 is 11.9 Å². The molecule has 3 aromatic carbocycles. The molecule has 4 rings (SSSR count). The predicted octanol–water partition coefficient (Wildman–Crippen LogP) is 6.88. The van der Waals surface area contributed by atoms with Crippen molar-refractivity contribution in [2.24, 2.45) is 0 Å². The molecule has 0 aliphatic heterocycles. The molecule has 1 atom stereocenters. The topological polar surface area (TPSA) is 78.9 Å². The van der Waals surface area contributed by atoms with Crippen LogP contribution in [0.2, 0.25) is 0 Å². The van der Waals surface area contributed by atoms with Crippen molar-refractivity contribution in [2.45, 2.75) is 46.6 Å². The molecule has 0 saturated heterocycles. The van der Waals surface area contributed by atoms with Gasteiger partial charge >= 0.3 is 17.9 Å². The van der Waals surface area contributed by atoms with Gasteiger partial charge in [0.15, 0.2) is 0 Å². The molecule has 0 aromatic heterocycles. The number of aryl methyl sites for hydroxylation is 1. The van der Waals surface area contributed by atoms with E-state index in [1.54, 1.807) is 32.9 Å². The minimum Gasteiger partial charge on any atom is -0.458 e. The molecule has 1 aliphatic rings. The lowest BCUT2D eigenvalue weighted by Gasteiger charge is -2.13. The van der Waals surface area contributed by atoms with Crippen molar-refractivity contribution in [3.63, 3.8) is 0 Å². The van der Waals surface area contributed by atoms with Crippen molar-refractivity contribution in [1.82, 2.24) is 0 Å². The molecule has 6 heteroatoms. The average molecular weight is 537 g/mol. The third kappa shape index (κ3) is 6.46. The van der Waals surface area contributed by atoms with E-state index in [1.165, 1.54) is 11.6 Å². The third-order valence-corrected chi connectivity index (χ3v) is 6.59. The van der Waals surface area contributed by atoms with Gasteiger partial charge in [-0.25, -0.2) is 14.4 Å². The summed E-state index contributed by atoms with van der Waals surface area (Å²) in [7, 11) is 0. The lowest BCUT2D eigenvalue weighted by atomic mass is 9.94. The second-order valence-corrected chi connectivity index (χ2v) is 10.3. The second-order valence-electron chi connectivity index (χ2n) is 10.3. The molecular weight excluding hydrogens is 504 g/mol. The summed E-state index contributed by atoms with van der Waals surface area (Å²) in [6, 6.07) is 17.3. The highest BCUT2D eigenvalue weighted by Crippen LogP contribution is 2.35. The highest BCUT2D eigenvalue weighted by Gasteiger charge is 2.25. The first-order chi connectivity index (χ1) is 18.9. The highest BCUT2D eigenvalue weighted by molar-refractivity contribution is 5.90. The van der Waals surface area contributed by atoms with Gasteiger partial charge in [-0.1, -0.05) is 56.1 Å². The minimum atomic E-state index is -0.575. The van der Waals surface area contributed by atoms with Crippen molar-refractivity contribution in [3.8, 4) is 33.8 Å². The molecule has 1 aliphatic carbocycles. The molecule has 1 unspecified atom stereocenters. The van der Waals surface area contributed by atoms with Crippen LogP contribution in [0.25, 0.3) is 22.3 Å². The van der Waals surface area contributed by atoms with Crippen LogP contribution in [0.1, 0.15) is 37.5 Å². The Morgan fingerprint density at radius 3 is 1.75 bits per heavy atom. The molecule has 0 heterocycles. The first-order valence-electron chi connectivity index (χ1n) is 12.9. The maximum atomic E-state index is 12.2. The largest absolute Gasteiger partial charge is 0.458 e. The number of esters is 3. The highest BCUT2D eigenvalue weighted by atomic mass is 16.5. The molecule has 204 valence electrons. The number of fused-ring (bicyclic) bond motifs is 1. The molecule has 0 fully saturated rings. The molecule has 0 N–H and O–H groups in total. The molecule has 0 bridgehead atoms. The SMILES string of the molecule is C=C(C)C(=O)Oc1cc(OC(=O)C(=C)C)cc(-c2ccc(-c3ccc4c(c3)CC(OC(=O)C(=C)C)C4)c(C)c2)c1. The van der Waals surface area contributed by atoms with Gasteiger partial charge in [0, 0.05) is 35.6 Å². The lowest BCUT2D eigenvalue weighted by Crippen LogP contribution is -2.18. The zero-order chi connectivity index (χ0) is 29.1. The molecule has 6 nitrogen and oxygen atoms in total. The number of carbonyl (C=O) groups is 3. The number of hydrogen-bond donors (Lipinski definition) is 0. The van der Waals surface area contributed by atoms with Crippen molar-refractivity contribution in [3.05, 3.63) is 108 Å². The first-order valence-corrected chi connectivity index (χ1v) is 12.9. The van der Waals surface area contributed by atoms with Crippen molar-refractivity contribution < 1.29 is 28.6 Å². The minimum absolute atomic E-state index is 0.183. The molecule has 0 saturated carbocycles. The van der Waals surface area contributed by atoms with Crippen molar-refractivity contribution >= 4 is 17.9 Å². The van der Waals surface area contributed by atoms with E-state index >= 15 is 0 Å². The number of rotatable bonds is 8. The van der Waals surface area contributed by atoms with E-state index in [9.17, 15) is 14.4 Å². The summed E-state index contributed by atoms with van der Waals surface area (Å²) >= 11 is 0. The van der Waals surface area contributed by atoms with Gasteiger partial charge in [-0.2, -0.15) is 0 Å². The van der Waals surface area contributed by atoms with Crippen molar-refractivity contribution in [2.75, 3.05) is 0 Å². The predicted molar refractivity (Wildman–Crippen MR) is 155 cm³/mol. The van der Waals surface area contributed by atoms with Crippen LogP contribution in [0.4, 0.5) is 0 Å². The van der Waals surface area contributed by atoms with E-state index in [0.717, 1.165) is 27.8 Å². The molecule has 0 amide bonds. The van der Waals surface area contributed by atoms with Crippen LogP contribution >= 0.6 is 0 Å². The lowest BCUT2D eigenvalue weighted by molar-refractivity contribution is -0.143. The van der Waals surface area contributed by atoms with Gasteiger partial charge < -0.3 is 14.2 Å². The number of ether oxygens (including phenoxy) is 3. The monoisotopic (exact) mass is 536 g/mol. The summed E-state index contributed by atoms with van der Waals surface area (Å²) in [4.78, 5) is 36.3. The van der Waals surface area contributed by atoms with Crippen LogP contribution in [0.15, 0.2) is 91.1 Å². The fraction of sp³-hybridized carbons (Fsp3) is 0.206. The van der Waals surface area contributed by atoms with Crippen LogP contribution in [0.3, 0.4) is 0 Å². The van der Waals surface area contributed by atoms with Crippen LogP contribution in [0, 0.1) is 6.92 Å². The van der Waals surface area contributed by atoms with E-state index in [1.807, 2.05) is 25.1 Å². The fourth-order valence-corrected chi connectivity index (χ4v) is 4.49. The summed E-state index contributed by atoms with van der Waals surface area (Å²) in [6.07, 6.45) is 1.18. The van der Waals surface area contributed by atoms with Gasteiger partial charge in [0.1, 0.15) is 17.6 Å². The molecular formula is C34H32O6. The Morgan fingerprint density at radius 1 is 0.650 bits per heavy atom.